The number of hydrogen-bond donors (Lipinski definition) is 0. The van der Waals surface area contributed by atoms with Gasteiger partial charge < -0.3 is 9.47 Å². The third-order valence-corrected chi connectivity index (χ3v) is 10.9. The van der Waals surface area contributed by atoms with Gasteiger partial charge in [-0.2, -0.15) is 0 Å². The summed E-state index contributed by atoms with van der Waals surface area (Å²) in [6.07, 6.45) is 5.87. The molecule has 0 saturated heterocycles. The molecule has 0 saturated carbocycles. The Morgan fingerprint density at radius 3 is 2.24 bits per heavy atom. The number of nitrogens with zero attached hydrogens (tertiary/aromatic N) is 2. The highest BCUT2D eigenvalue weighted by Gasteiger charge is 2.36. The van der Waals surface area contributed by atoms with Crippen LogP contribution in [-0.2, 0) is 0 Å². The minimum absolute atomic E-state index is 0.269. The molecule has 1 unspecified atom stereocenters. The Kier molecular flexibility index (Phi) is 5.31. The van der Waals surface area contributed by atoms with Crippen LogP contribution in [0.1, 0.15) is 17.5 Å². The molecule has 2 nitrogen and oxygen atoms in total. The van der Waals surface area contributed by atoms with Gasteiger partial charge in [0.05, 0.1) is 27.5 Å². The second kappa shape index (κ2) is 9.56. The molecule has 1 aliphatic heterocycles. The first kappa shape index (κ1) is 25.0. The van der Waals surface area contributed by atoms with Gasteiger partial charge in [-0.1, -0.05) is 97.1 Å². The van der Waals surface area contributed by atoms with Crippen LogP contribution in [0.5, 0.6) is 0 Å². The predicted octanol–water partition coefficient (Wildman–Crippen LogP) is 11.5. The van der Waals surface area contributed by atoms with E-state index in [-0.39, 0.29) is 6.04 Å². The van der Waals surface area contributed by atoms with Crippen molar-refractivity contribution in [1.82, 2.24) is 4.57 Å². The summed E-state index contributed by atoms with van der Waals surface area (Å²) >= 11 is 1.91. The first-order chi connectivity index (χ1) is 22.3. The summed E-state index contributed by atoms with van der Waals surface area (Å²) in [5, 5.41) is 5.27. The molecule has 0 amide bonds. The van der Waals surface area contributed by atoms with Gasteiger partial charge in [-0.05, 0) is 77.7 Å². The average molecular weight is 593 g/mol. The van der Waals surface area contributed by atoms with Crippen LogP contribution >= 0.6 is 11.3 Å². The van der Waals surface area contributed by atoms with E-state index in [2.05, 4.69) is 161 Å². The van der Waals surface area contributed by atoms with E-state index in [4.69, 9.17) is 0 Å². The van der Waals surface area contributed by atoms with Crippen molar-refractivity contribution in [3.05, 3.63) is 163 Å². The monoisotopic (exact) mass is 592 g/mol. The van der Waals surface area contributed by atoms with Crippen molar-refractivity contribution in [3.63, 3.8) is 0 Å². The number of para-hydroxylation sites is 3. The van der Waals surface area contributed by atoms with E-state index in [1.165, 1.54) is 81.3 Å². The standard InChI is InChI=1S/C42H28N2S/c1-2-11-29(12-3-1)43-36-17-7-4-13-30(36)34-25-27(21-23-38(34)43)28-22-24-39-35(26-28)31-14-5-8-18-37(31)44(39)40-19-10-16-33-32-15-6-9-20-41(32)45-42(33)40/h1-23,25-26,39H,24H2. The lowest BCUT2D eigenvalue weighted by molar-refractivity contribution is 0.834. The Bertz CT molecular complexity index is 2530. The average Bonchev–Trinajstić information content (AvgIpc) is 3.76. The largest absolute Gasteiger partial charge is 0.332 e. The van der Waals surface area contributed by atoms with E-state index in [1.54, 1.807) is 0 Å². The molecule has 6 aromatic carbocycles. The number of aromatic nitrogens is 1. The maximum Gasteiger partial charge on any atom is 0.0633 e. The fourth-order valence-corrected chi connectivity index (χ4v) is 8.93. The van der Waals surface area contributed by atoms with Gasteiger partial charge in [0.2, 0.25) is 0 Å². The summed E-state index contributed by atoms with van der Waals surface area (Å²) in [7, 11) is 0. The molecular weight excluding hydrogens is 565 g/mol. The maximum absolute atomic E-state index is 2.60. The molecule has 3 heterocycles. The zero-order valence-electron chi connectivity index (χ0n) is 24.5. The van der Waals surface area contributed by atoms with Crippen molar-refractivity contribution in [2.45, 2.75) is 12.5 Å². The van der Waals surface area contributed by atoms with Crippen molar-refractivity contribution in [3.8, 4) is 5.69 Å². The summed E-state index contributed by atoms with van der Waals surface area (Å²) in [6, 6.07) is 51.3. The fraction of sp³-hybridized carbons (Fsp3) is 0.0476. The van der Waals surface area contributed by atoms with Gasteiger partial charge in [-0.3, -0.25) is 0 Å². The number of fused-ring (bicyclic) bond motifs is 9. The Balaban J connectivity index is 1.11. The molecule has 0 fully saturated rings. The van der Waals surface area contributed by atoms with Crippen molar-refractivity contribution in [1.29, 1.82) is 0 Å². The zero-order chi connectivity index (χ0) is 29.5. The van der Waals surface area contributed by atoms with Gasteiger partial charge in [0.25, 0.3) is 0 Å². The molecule has 45 heavy (non-hydrogen) atoms. The Morgan fingerprint density at radius 1 is 0.578 bits per heavy atom. The van der Waals surface area contributed by atoms with Crippen LogP contribution in [-0.4, -0.2) is 10.6 Å². The molecule has 1 atom stereocenters. The summed E-state index contributed by atoms with van der Waals surface area (Å²) in [5.41, 5.74) is 11.6. The van der Waals surface area contributed by atoms with Crippen LogP contribution in [0.2, 0.25) is 0 Å². The van der Waals surface area contributed by atoms with Crippen LogP contribution in [0.25, 0.3) is 58.8 Å². The SMILES string of the molecule is C1=C(c2ccc3c(c2)c2ccccc2n3-c2ccccc2)C=C2c3ccccc3N(c3cccc4c3sc3ccccc34)C2C1. The van der Waals surface area contributed by atoms with Crippen LogP contribution in [0, 0.1) is 0 Å². The maximum atomic E-state index is 2.60. The topological polar surface area (TPSA) is 8.17 Å². The molecular formula is C42H28N2S. The van der Waals surface area contributed by atoms with Crippen LogP contribution in [0.3, 0.4) is 0 Å². The lowest BCUT2D eigenvalue weighted by Crippen LogP contribution is -2.27. The van der Waals surface area contributed by atoms with E-state index in [9.17, 15) is 0 Å². The second-order valence-electron chi connectivity index (χ2n) is 12.1. The molecule has 1 aliphatic carbocycles. The molecule has 2 aliphatic rings. The zero-order valence-corrected chi connectivity index (χ0v) is 25.3. The van der Waals surface area contributed by atoms with Gasteiger partial charge in [0.15, 0.2) is 0 Å². The quantitative estimate of drug-likeness (QED) is 0.198. The number of benzene rings is 6. The Labute approximate surface area is 265 Å². The van der Waals surface area contributed by atoms with Gasteiger partial charge >= 0.3 is 0 Å². The fourth-order valence-electron chi connectivity index (χ4n) is 7.71. The second-order valence-corrected chi connectivity index (χ2v) is 13.1. The van der Waals surface area contributed by atoms with E-state index < -0.39 is 0 Å². The van der Waals surface area contributed by atoms with Crippen molar-refractivity contribution in [2.24, 2.45) is 0 Å². The van der Waals surface area contributed by atoms with Gasteiger partial charge in [0.1, 0.15) is 0 Å². The lowest BCUT2D eigenvalue weighted by Gasteiger charge is -2.30. The summed E-state index contributed by atoms with van der Waals surface area (Å²) in [5.74, 6) is 0. The van der Waals surface area contributed by atoms with E-state index in [0.717, 1.165) is 6.42 Å². The number of hydrogen-bond acceptors (Lipinski definition) is 2. The number of rotatable bonds is 3. The molecule has 2 aromatic heterocycles. The van der Waals surface area contributed by atoms with Crippen molar-refractivity contribution >= 4 is 75.8 Å². The van der Waals surface area contributed by atoms with E-state index in [0.29, 0.717) is 0 Å². The van der Waals surface area contributed by atoms with Crippen LogP contribution in [0.4, 0.5) is 11.4 Å². The van der Waals surface area contributed by atoms with Crippen LogP contribution in [0.15, 0.2) is 152 Å². The highest BCUT2D eigenvalue weighted by molar-refractivity contribution is 7.26. The van der Waals surface area contributed by atoms with E-state index >= 15 is 0 Å². The summed E-state index contributed by atoms with van der Waals surface area (Å²) in [4.78, 5) is 2.60. The summed E-state index contributed by atoms with van der Waals surface area (Å²) in [6.45, 7) is 0. The minimum Gasteiger partial charge on any atom is -0.332 e. The van der Waals surface area contributed by atoms with Gasteiger partial charge in [0, 0.05) is 43.2 Å². The highest BCUT2D eigenvalue weighted by Crippen LogP contribution is 2.52. The number of allylic oxidation sites excluding steroid dienone is 2. The third-order valence-electron chi connectivity index (χ3n) is 9.68. The molecule has 212 valence electrons. The highest BCUT2D eigenvalue weighted by atomic mass is 32.1. The van der Waals surface area contributed by atoms with Gasteiger partial charge in [-0.15, -0.1) is 11.3 Å². The number of thiophene rings is 1. The Morgan fingerprint density at radius 2 is 1.31 bits per heavy atom. The summed E-state index contributed by atoms with van der Waals surface area (Å²) < 4.78 is 5.10. The molecule has 0 radical (unpaired) electrons. The van der Waals surface area contributed by atoms with Crippen molar-refractivity contribution in [2.75, 3.05) is 4.90 Å². The molecule has 0 N–H and O–H groups in total. The van der Waals surface area contributed by atoms with Crippen molar-refractivity contribution < 1.29 is 0 Å². The minimum atomic E-state index is 0.269. The van der Waals surface area contributed by atoms with E-state index in [1.807, 2.05) is 11.3 Å². The number of anilines is 2. The lowest BCUT2D eigenvalue weighted by atomic mass is 9.89. The third kappa shape index (κ3) is 3.62. The predicted molar refractivity (Wildman–Crippen MR) is 193 cm³/mol. The molecule has 10 rings (SSSR count). The Hall–Kier alpha value is -5.38. The first-order valence-electron chi connectivity index (χ1n) is 15.6. The molecule has 3 heteroatoms. The molecule has 0 spiro atoms. The van der Waals surface area contributed by atoms with Gasteiger partial charge in [-0.25, -0.2) is 0 Å². The first-order valence-corrected chi connectivity index (χ1v) is 16.4. The smallest absolute Gasteiger partial charge is 0.0633 e. The molecule has 8 aromatic rings. The van der Waals surface area contributed by atoms with Crippen LogP contribution < -0.4 is 4.90 Å². The normalized spacial score (nSPS) is 15.9. The molecule has 0 bridgehead atoms.